The van der Waals surface area contributed by atoms with Crippen molar-refractivity contribution in [1.29, 1.82) is 5.26 Å². The van der Waals surface area contributed by atoms with Crippen molar-refractivity contribution in [2.24, 2.45) is 5.73 Å². The fraction of sp³-hybridized carbons (Fsp3) is 0.690. The zero-order valence-electron chi connectivity index (χ0n) is 22.1. The second-order valence-electron chi connectivity index (χ2n) is 8.78. The highest BCUT2D eigenvalue weighted by atomic mass is 14.9. The summed E-state index contributed by atoms with van der Waals surface area (Å²) in [7, 11) is 0. The molecule has 0 heterocycles. The van der Waals surface area contributed by atoms with E-state index in [1.807, 2.05) is 20.8 Å². The van der Waals surface area contributed by atoms with E-state index in [4.69, 9.17) is 11.0 Å². The number of rotatable bonds is 19. The minimum absolute atomic E-state index is 0.169. The van der Waals surface area contributed by atoms with Crippen molar-refractivity contribution in [2.45, 2.75) is 131 Å². The van der Waals surface area contributed by atoms with Crippen molar-refractivity contribution in [2.75, 3.05) is 0 Å². The van der Waals surface area contributed by atoms with E-state index in [1.165, 1.54) is 56.9 Å². The van der Waals surface area contributed by atoms with Crippen molar-refractivity contribution < 1.29 is 0 Å². The van der Waals surface area contributed by atoms with Crippen molar-refractivity contribution in [3.8, 4) is 6.07 Å². The molecule has 3 nitrogen and oxygen atoms in total. The number of nitrogens with zero attached hydrogens (tertiary/aromatic N) is 1. The van der Waals surface area contributed by atoms with Gasteiger partial charge in [0, 0.05) is 23.0 Å². The molecule has 0 aliphatic rings. The van der Waals surface area contributed by atoms with E-state index >= 15 is 0 Å². The highest BCUT2D eigenvalue weighted by molar-refractivity contribution is 5.17. The molecule has 0 bridgehead atoms. The van der Waals surface area contributed by atoms with E-state index in [2.05, 4.69) is 45.0 Å². The van der Waals surface area contributed by atoms with Gasteiger partial charge in [0.15, 0.2) is 0 Å². The SMILES string of the molecule is C=C(C#N)CCC(NC(=C)CCCCCCC/C(N)=C(/C)CCCCCC)C(=C)C.CC. The molecule has 1 atom stereocenters. The molecule has 3 heteroatoms. The predicted molar refractivity (Wildman–Crippen MR) is 144 cm³/mol. The molecule has 0 radical (unpaired) electrons. The number of unbranched alkanes of at least 4 members (excludes halogenated alkanes) is 7. The number of nitriles is 1. The summed E-state index contributed by atoms with van der Waals surface area (Å²) < 4.78 is 0. The van der Waals surface area contributed by atoms with Crippen molar-refractivity contribution in [1.82, 2.24) is 5.32 Å². The van der Waals surface area contributed by atoms with Gasteiger partial charge in [0.25, 0.3) is 0 Å². The normalized spacial score (nSPS) is 12.0. The maximum atomic E-state index is 8.86. The van der Waals surface area contributed by atoms with Crippen molar-refractivity contribution in [3.63, 3.8) is 0 Å². The van der Waals surface area contributed by atoms with Gasteiger partial charge in [-0.15, -0.1) is 0 Å². The van der Waals surface area contributed by atoms with Gasteiger partial charge in [-0.05, 0) is 65.2 Å². The zero-order chi connectivity index (χ0) is 24.8. The van der Waals surface area contributed by atoms with Crippen molar-refractivity contribution in [3.05, 3.63) is 47.9 Å². The van der Waals surface area contributed by atoms with Crippen LogP contribution in [0.4, 0.5) is 0 Å². The Balaban J connectivity index is 0. The van der Waals surface area contributed by atoms with E-state index in [1.54, 1.807) is 0 Å². The standard InChI is InChI=1S/C27H47N3.C2H6/c1-7-8-9-13-16-24(5)26(29)18-15-12-10-11-14-17-25(6)30-27(22(2)3)20-19-23(4)21-28;1-2/h27,30H,2,4,6-20,29H2,1,3,5H3;1-2H3/b26-24+;. The third-order valence-electron chi connectivity index (χ3n) is 5.74. The van der Waals surface area contributed by atoms with E-state index in [-0.39, 0.29) is 6.04 Å². The van der Waals surface area contributed by atoms with E-state index in [9.17, 15) is 0 Å². The Labute approximate surface area is 200 Å². The first-order chi connectivity index (χ1) is 15.3. The Hall–Kier alpha value is -1.95. The summed E-state index contributed by atoms with van der Waals surface area (Å²) in [6.07, 6.45) is 16.0. The molecule has 0 aliphatic heterocycles. The van der Waals surface area contributed by atoms with Crippen LogP contribution in [0.15, 0.2) is 47.9 Å². The van der Waals surface area contributed by atoms with Gasteiger partial charge in [-0.1, -0.05) is 90.2 Å². The lowest BCUT2D eigenvalue weighted by Gasteiger charge is -2.21. The molecule has 0 rings (SSSR count). The lowest BCUT2D eigenvalue weighted by Crippen LogP contribution is -2.29. The van der Waals surface area contributed by atoms with Gasteiger partial charge in [0.05, 0.1) is 6.07 Å². The number of hydrogen-bond donors (Lipinski definition) is 2. The summed E-state index contributed by atoms with van der Waals surface area (Å²) in [5.41, 5.74) is 11.6. The Morgan fingerprint density at radius 3 is 1.94 bits per heavy atom. The monoisotopic (exact) mass is 443 g/mol. The molecule has 0 aromatic heterocycles. The van der Waals surface area contributed by atoms with Crippen LogP contribution in [0, 0.1) is 11.3 Å². The van der Waals surface area contributed by atoms with Crippen LogP contribution in [0.25, 0.3) is 0 Å². The molecule has 3 N–H and O–H groups in total. The summed E-state index contributed by atoms with van der Waals surface area (Å²) in [6.45, 7) is 22.5. The number of nitrogens with one attached hydrogen (secondary N) is 1. The minimum atomic E-state index is 0.169. The Bertz CT molecular complexity index is 592. The van der Waals surface area contributed by atoms with Gasteiger partial charge in [-0.25, -0.2) is 0 Å². The maximum Gasteiger partial charge on any atom is 0.0940 e. The average Bonchev–Trinajstić information content (AvgIpc) is 2.79. The second-order valence-corrected chi connectivity index (χ2v) is 8.78. The van der Waals surface area contributed by atoms with E-state index < -0.39 is 0 Å². The molecule has 0 spiro atoms. The molecule has 0 fully saturated rings. The summed E-state index contributed by atoms with van der Waals surface area (Å²) in [4.78, 5) is 0. The van der Waals surface area contributed by atoms with Gasteiger partial charge in [-0.3, -0.25) is 0 Å². The highest BCUT2D eigenvalue weighted by Gasteiger charge is 2.10. The van der Waals surface area contributed by atoms with Crippen LogP contribution in [-0.4, -0.2) is 6.04 Å². The average molecular weight is 444 g/mol. The number of hydrogen-bond acceptors (Lipinski definition) is 3. The molecule has 0 amide bonds. The van der Waals surface area contributed by atoms with E-state index in [0.29, 0.717) is 12.0 Å². The summed E-state index contributed by atoms with van der Waals surface area (Å²) in [6, 6.07) is 2.28. The zero-order valence-corrected chi connectivity index (χ0v) is 22.1. The van der Waals surface area contributed by atoms with Crippen LogP contribution in [0.1, 0.15) is 125 Å². The lowest BCUT2D eigenvalue weighted by atomic mass is 10.0. The van der Waals surface area contributed by atoms with Crippen LogP contribution in [0.2, 0.25) is 0 Å². The van der Waals surface area contributed by atoms with E-state index in [0.717, 1.165) is 49.1 Å². The topological polar surface area (TPSA) is 61.8 Å². The third-order valence-corrected chi connectivity index (χ3v) is 5.74. The van der Waals surface area contributed by atoms with Gasteiger partial charge in [-0.2, -0.15) is 5.26 Å². The molecule has 0 saturated heterocycles. The summed E-state index contributed by atoms with van der Waals surface area (Å²) in [5.74, 6) is 0. The van der Waals surface area contributed by atoms with Gasteiger partial charge in [0.2, 0.25) is 0 Å². The Morgan fingerprint density at radius 2 is 1.38 bits per heavy atom. The van der Waals surface area contributed by atoms with Gasteiger partial charge >= 0.3 is 0 Å². The van der Waals surface area contributed by atoms with Crippen LogP contribution in [-0.2, 0) is 0 Å². The predicted octanol–water partition coefficient (Wildman–Crippen LogP) is 8.85. The summed E-state index contributed by atoms with van der Waals surface area (Å²) in [5, 5.41) is 12.3. The smallest absolute Gasteiger partial charge is 0.0940 e. The lowest BCUT2D eigenvalue weighted by molar-refractivity contribution is 0.555. The molecule has 32 heavy (non-hydrogen) atoms. The molecule has 184 valence electrons. The molecular weight excluding hydrogens is 390 g/mol. The molecule has 0 saturated carbocycles. The number of allylic oxidation sites excluding steroid dienone is 4. The molecule has 0 aliphatic carbocycles. The Kier molecular flexibility index (Phi) is 22.4. The quantitative estimate of drug-likeness (QED) is 0.119. The fourth-order valence-electron chi connectivity index (χ4n) is 3.51. The highest BCUT2D eigenvalue weighted by Crippen LogP contribution is 2.17. The van der Waals surface area contributed by atoms with Gasteiger partial charge < -0.3 is 11.1 Å². The Morgan fingerprint density at radius 1 is 0.844 bits per heavy atom. The largest absolute Gasteiger partial charge is 0.402 e. The summed E-state index contributed by atoms with van der Waals surface area (Å²) >= 11 is 0. The molecule has 1 unspecified atom stereocenters. The van der Waals surface area contributed by atoms with Crippen LogP contribution in [0.3, 0.4) is 0 Å². The maximum absolute atomic E-state index is 8.86. The van der Waals surface area contributed by atoms with Crippen LogP contribution in [0.5, 0.6) is 0 Å². The third kappa shape index (κ3) is 18.8. The minimum Gasteiger partial charge on any atom is -0.402 e. The number of nitrogens with two attached hydrogens (primary N) is 1. The fourth-order valence-corrected chi connectivity index (χ4v) is 3.51. The first-order valence-electron chi connectivity index (χ1n) is 12.9. The first kappa shape index (κ1) is 32.2. The first-order valence-corrected chi connectivity index (χ1v) is 12.9. The molecule has 0 aromatic carbocycles. The second kappa shape index (κ2) is 22.3. The van der Waals surface area contributed by atoms with Crippen LogP contribution >= 0.6 is 0 Å². The van der Waals surface area contributed by atoms with Crippen LogP contribution < -0.4 is 11.1 Å². The molecular formula is C29H53N3. The van der Waals surface area contributed by atoms with Crippen molar-refractivity contribution >= 4 is 0 Å². The van der Waals surface area contributed by atoms with Gasteiger partial charge in [0.1, 0.15) is 0 Å². The molecule has 0 aromatic rings.